The lowest BCUT2D eigenvalue weighted by atomic mass is 9.81. The van der Waals surface area contributed by atoms with Gasteiger partial charge in [0, 0.05) is 18.6 Å². The van der Waals surface area contributed by atoms with Crippen LogP contribution in [0.3, 0.4) is 0 Å². The van der Waals surface area contributed by atoms with Crippen LogP contribution >= 0.6 is 0 Å². The van der Waals surface area contributed by atoms with Gasteiger partial charge in [-0.05, 0) is 19.3 Å². The van der Waals surface area contributed by atoms with Gasteiger partial charge in [-0.25, -0.2) is 0 Å². The molecule has 2 N–H and O–H groups in total. The molecular formula is C12H23NO2. The fraction of sp³-hybridized carbons (Fsp3) is 0.917. The van der Waals surface area contributed by atoms with E-state index < -0.39 is 0 Å². The maximum atomic E-state index is 12.0. The molecule has 0 unspecified atom stereocenters. The number of hydrogen-bond acceptors (Lipinski definition) is 2. The van der Waals surface area contributed by atoms with Gasteiger partial charge in [-0.2, -0.15) is 0 Å². The first-order valence-electron chi connectivity index (χ1n) is 6.08. The Morgan fingerprint density at radius 3 is 2.40 bits per heavy atom. The van der Waals surface area contributed by atoms with E-state index in [9.17, 15) is 4.79 Å². The van der Waals surface area contributed by atoms with Gasteiger partial charge in [0.2, 0.25) is 5.91 Å². The summed E-state index contributed by atoms with van der Waals surface area (Å²) in [4.78, 5) is 12.0. The lowest BCUT2D eigenvalue weighted by molar-refractivity contribution is -0.130. The molecule has 1 aliphatic carbocycles. The molecule has 0 heterocycles. The van der Waals surface area contributed by atoms with E-state index >= 15 is 0 Å². The maximum absolute atomic E-state index is 12.0. The first-order chi connectivity index (χ1) is 7.19. The average molecular weight is 213 g/mol. The molecule has 3 heteroatoms. The van der Waals surface area contributed by atoms with Crippen LogP contribution in [0.5, 0.6) is 0 Å². The van der Waals surface area contributed by atoms with E-state index in [-0.39, 0.29) is 17.9 Å². The highest BCUT2D eigenvalue weighted by Gasteiger charge is 2.32. The summed E-state index contributed by atoms with van der Waals surface area (Å²) in [6.07, 6.45) is 7.55. The molecule has 0 aliphatic heterocycles. The van der Waals surface area contributed by atoms with Crippen LogP contribution in [-0.2, 0) is 4.79 Å². The van der Waals surface area contributed by atoms with Gasteiger partial charge in [0.1, 0.15) is 0 Å². The van der Waals surface area contributed by atoms with E-state index in [4.69, 9.17) is 5.11 Å². The topological polar surface area (TPSA) is 49.3 Å². The summed E-state index contributed by atoms with van der Waals surface area (Å²) in [6.45, 7) is 2.83. The lowest BCUT2D eigenvalue weighted by Crippen LogP contribution is -2.39. The van der Waals surface area contributed by atoms with Gasteiger partial charge >= 0.3 is 0 Å². The van der Waals surface area contributed by atoms with Gasteiger partial charge < -0.3 is 10.4 Å². The van der Waals surface area contributed by atoms with Crippen molar-refractivity contribution in [2.75, 3.05) is 13.2 Å². The molecule has 1 rings (SSSR count). The van der Waals surface area contributed by atoms with Crippen LogP contribution in [0, 0.1) is 5.41 Å². The van der Waals surface area contributed by atoms with E-state index in [0.29, 0.717) is 13.0 Å². The van der Waals surface area contributed by atoms with Gasteiger partial charge in [0.15, 0.2) is 0 Å². The molecule has 0 bridgehead atoms. The number of aliphatic hydroxyl groups is 1. The Morgan fingerprint density at radius 2 is 1.87 bits per heavy atom. The number of nitrogens with one attached hydrogen (secondary N) is 1. The van der Waals surface area contributed by atoms with Crippen molar-refractivity contribution in [3.63, 3.8) is 0 Å². The van der Waals surface area contributed by atoms with Crippen LogP contribution in [0.15, 0.2) is 0 Å². The van der Waals surface area contributed by atoms with E-state index in [1.165, 1.54) is 25.7 Å². The molecule has 3 nitrogen and oxygen atoms in total. The number of aliphatic hydroxyl groups excluding tert-OH is 1. The summed E-state index contributed by atoms with van der Waals surface area (Å²) in [5.74, 6) is 0.179. The second kappa shape index (κ2) is 6.11. The Morgan fingerprint density at radius 1 is 1.27 bits per heavy atom. The summed E-state index contributed by atoms with van der Waals surface area (Å²) in [7, 11) is 0. The van der Waals surface area contributed by atoms with E-state index in [2.05, 4.69) is 12.2 Å². The Bertz CT molecular complexity index is 196. The fourth-order valence-electron chi connectivity index (χ4n) is 2.23. The summed E-state index contributed by atoms with van der Waals surface area (Å²) in [6, 6.07) is 0. The van der Waals surface area contributed by atoms with Crippen molar-refractivity contribution in [3.05, 3.63) is 0 Å². The third-order valence-corrected chi connectivity index (χ3v) is 3.38. The lowest BCUT2D eigenvalue weighted by Gasteiger charge is -2.26. The van der Waals surface area contributed by atoms with Crippen LogP contribution < -0.4 is 5.32 Å². The summed E-state index contributed by atoms with van der Waals surface area (Å²) in [5, 5.41) is 11.6. The van der Waals surface area contributed by atoms with Crippen molar-refractivity contribution < 1.29 is 9.90 Å². The van der Waals surface area contributed by atoms with E-state index in [1.807, 2.05) is 0 Å². The molecule has 0 saturated heterocycles. The fourth-order valence-corrected chi connectivity index (χ4v) is 2.23. The minimum absolute atomic E-state index is 0.150. The zero-order valence-electron chi connectivity index (χ0n) is 9.72. The Kier molecular flexibility index (Phi) is 5.09. The zero-order chi connectivity index (χ0) is 11.1. The molecule has 15 heavy (non-hydrogen) atoms. The first kappa shape index (κ1) is 12.5. The molecule has 1 fully saturated rings. The van der Waals surface area contributed by atoms with Gasteiger partial charge in [-0.3, -0.25) is 4.79 Å². The molecule has 0 spiro atoms. The normalized spacial score (nSPS) is 20.7. The smallest absolute Gasteiger partial charge is 0.225 e. The summed E-state index contributed by atoms with van der Waals surface area (Å²) < 4.78 is 0. The molecule has 0 aromatic heterocycles. The molecule has 1 amide bonds. The van der Waals surface area contributed by atoms with Crippen LogP contribution in [-0.4, -0.2) is 24.2 Å². The Labute approximate surface area is 92.3 Å². The number of hydrogen-bond donors (Lipinski definition) is 2. The Hall–Kier alpha value is -0.570. The largest absolute Gasteiger partial charge is 0.396 e. The highest BCUT2D eigenvalue weighted by atomic mass is 16.3. The van der Waals surface area contributed by atoms with Gasteiger partial charge in [0.25, 0.3) is 0 Å². The van der Waals surface area contributed by atoms with Gasteiger partial charge in [-0.15, -0.1) is 0 Å². The second-order valence-electron chi connectivity index (χ2n) is 4.81. The molecular weight excluding hydrogens is 190 g/mol. The van der Waals surface area contributed by atoms with Crippen LogP contribution in [0.1, 0.15) is 51.9 Å². The number of carbonyl (C=O) groups excluding carboxylic acids is 1. The minimum Gasteiger partial charge on any atom is -0.396 e. The molecule has 0 aromatic rings. The molecule has 0 atom stereocenters. The van der Waals surface area contributed by atoms with Crippen LogP contribution in [0.25, 0.3) is 0 Å². The first-order valence-corrected chi connectivity index (χ1v) is 6.08. The van der Waals surface area contributed by atoms with Crippen molar-refractivity contribution in [2.45, 2.75) is 51.9 Å². The molecule has 88 valence electrons. The third-order valence-electron chi connectivity index (χ3n) is 3.38. The number of amides is 1. The van der Waals surface area contributed by atoms with E-state index in [0.717, 1.165) is 12.8 Å². The van der Waals surface area contributed by atoms with Gasteiger partial charge in [-0.1, -0.05) is 32.6 Å². The molecule has 0 aromatic carbocycles. The molecule has 1 aliphatic rings. The SMILES string of the molecule is CC1(C(=O)NCCCO)CCCCCC1. The Balaban J connectivity index is 2.40. The second-order valence-corrected chi connectivity index (χ2v) is 4.81. The summed E-state index contributed by atoms with van der Waals surface area (Å²) >= 11 is 0. The van der Waals surface area contributed by atoms with Crippen molar-refractivity contribution in [2.24, 2.45) is 5.41 Å². The monoisotopic (exact) mass is 213 g/mol. The average Bonchev–Trinajstić information content (AvgIpc) is 2.44. The van der Waals surface area contributed by atoms with Crippen LogP contribution in [0.2, 0.25) is 0 Å². The minimum atomic E-state index is -0.161. The predicted octanol–water partition coefficient (Wildman–Crippen LogP) is 1.85. The quantitative estimate of drug-likeness (QED) is 0.553. The zero-order valence-corrected chi connectivity index (χ0v) is 9.72. The molecule has 0 radical (unpaired) electrons. The third kappa shape index (κ3) is 3.82. The highest BCUT2D eigenvalue weighted by Crippen LogP contribution is 2.34. The number of carbonyl (C=O) groups is 1. The van der Waals surface area contributed by atoms with Crippen molar-refractivity contribution in [1.29, 1.82) is 0 Å². The van der Waals surface area contributed by atoms with Crippen molar-refractivity contribution in [3.8, 4) is 0 Å². The number of rotatable bonds is 4. The van der Waals surface area contributed by atoms with Gasteiger partial charge in [0.05, 0.1) is 0 Å². The highest BCUT2D eigenvalue weighted by molar-refractivity contribution is 5.82. The standard InChI is InChI=1S/C12H23NO2/c1-12(7-4-2-3-5-8-12)11(15)13-9-6-10-14/h14H,2-10H2,1H3,(H,13,15). The van der Waals surface area contributed by atoms with Crippen molar-refractivity contribution in [1.82, 2.24) is 5.32 Å². The molecule has 1 saturated carbocycles. The predicted molar refractivity (Wildman–Crippen MR) is 60.5 cm³/mol. The summed E-state index contributed by atoms with van der Waals surface area (Å²) in [5.41, 5.74) is -0.161. The van der Waals surface area contributed by atoms with Crippen LogP contribution in [0.4, 0.5) is 0 Å². The van der Waals surface area contributed by atoms with Crippen molar-refractivity contribution >= 4 is 5.91 Å². The van der Waals surface area contributed by atoms with E-state index in [1.54, 1.807) is 0 Å². The maximum Gasteiger partial charge on any atom is 0.225 e.